The smallest absolute Gasteiger partial charge is 0.227 e. The van der Waals surface area contributed by atoms with E-state index in [-0.39, 0.29) is 5.91 Å². The number of nitrogens with one attached hydrogen (secondary N) is 1. The summed E-state index contributed by atoms with van der Waals surface area (Å²) in [5.41, 5.74) is 1.02. The summed E-state index contributed by atoms with van der Waals surface area (Å²) >= 11 is 0. The minimum atomic E-state index is 0.277. The van der Waals surface area contributed by atoms with Crippen molar-refractivity contribution in [3.8, 4) is 0 Å². The third-order valence-electron chi connectivity index (χ3n) is 4.30. The normalized spacial score (nSPS) is 19.8. The number of piperidine rings is 1. The third kappa shape index (κ3) is 3.57. The molecule has 1 saturated heterocycles. The van der Waals surface area contributed by atoms with Crippen molar-refractivity contribution in [2.45, 2.75) is 38.1 Å². The molecule has 4 nitrogen and oxygen atoms in total. The van der Waals surface area contributed by atoms with Gasteiger partial charge in [-0.25, -0.2) is 0 Å². The van der Waals surface area contributed by atoms with E-state index >= 15 is 0 Å². The maximum atomic E-state index is 12.6. The average molecular weight is 273 g/mol. The van der Waals surface area contributed by atoms with Gasteiger partial charge in [-0.2, -0.15) is 0 Å². The number of pyridine rings is 1. The van der Waals surface area contributed by atoms with Crippen LogP contribution in [0.4, 0.5) is 0 Å². The average Bonchev–Trinajstić information content (AvgIpc) is 3.31. The number of hydrogen-bond donors (Lipinski definition) is 1. The van der Waals surface area contributed by atoms with Crippen LogP contribution in [0.2, 0.25) is 0 Å². The maximum Gasteiger partial charge on any atom is 0.227 e. The van der Waals surface area contributed by atoms with E-state index in [1.165, 1.54) is 25.7 Å². The molecule has 1 aliphatic carbocycles. The number of carbonyl (C=O) groups is 1. The van der Waals surface area contributed by atoms with Crippen LogP contribution >= 0.6 is 0 Å². The number of rotatable bonds is 5. The van der Waals surface area contributed by atoms with Crippen LogP contribution in [0.15, 0.2) is 24.5 Å². The summed E-state index contributed by atoms with van der Waals surface area (Å²) in [5.74, 6) is 0.953. The molecule has 20 heavy (non-hydrogen) atoms. The first-order valence-electron chi connectivity index (χ1n) is 7.72. The molecular weight excluding hydrogens is 250 g/mol. The van der Waals surface area contributed by atoms with Crippen LogP contribution in [-0.4, -0.2) is 41.5 Å². The third-order valence-corrected chi connectivity index (χ3v) is 4.30. The monoisotopic (exact) mass is 273 g/mol. The van der Waals surface area contributed by atoms with E-state index < -0.39 is 0 Å². The van der Waals surface area contributed by atoms with Gasteiger partial charge in [0.05, 0.1) is 6.42 Å². The Hall–Kier alpha value is -1.42. The standard InChI is InChI=1S/C16H23N3O/c20-16(10-14-2-1-7-18-11-14)19(15-3-4-15)12-13-5-8-17-9-6-13/h1-2,7,11,13,15,17H,3-6,8-10,12H2. The minimum Gasteiger partial charge on any atom is -0.339 e. The molecule has 1 aliphatic heterocycles. The van der Waals surface area contributed by atoms with Gasteiger partial charge in [-0.15, -0.1) is 0 Å². The molecule has 0 spiro atoms. The molecule has 0 atom stereocenters. The summed E-state index contributed by atoms with van der Waals surface area (Å²) in [4.78, 5) is 18.8. The second-order valence-electron chi connectivity index (χ2n) is 6.01. The zero-order chi connectivity index (χ0) is 13.8. The van der Waals surface area contributed by atoms with Crippen molar-refractivity contribution in [1.29, 1.82) is 0 Å². The lowest BCUT2D eigenvalue weighted by Gasteiger charge is -2.30. The summed E-state index contributed by atoms with van der Waals surface area (Å²) in [6.07, 6.45) is 8.81. The summed E-state index contributed by atoms with van der Waals surface area (Å²) in [5, 5.41) is 3.39. The van der Waals surface area contributed by atoms with Crippen LogP contribution < -0.4 is 5.32 Å². The van der Waals surface area contributed by atoms with Crippen LogP contribution in [-0.2, 0) is 11.2 Å². The summed E-state index contributed by atoms with van der Waals surface area (Å²) in [6.45, 7) is 3.14. The lowest BCUT2D eigenvalue weighted by Crippen LogP contribution is -2.41. The SMILES string of the molecule is O=C(Cc1cccnc1)N(CC1CCNCC1)C1CC1. The van der Waals surface area contributed by atoms with E-state index in [9.17, 15) is 4.79 Å². The van der Waals surface area contributed by atoms with Gasteiger partial charge in [0.15, 0.2) is 0 Å². The van der Waals surface area contributed by atoms with Gasteiger partial charge in [-0.1, -0.05) is 6.07 Å². The summed E-state index contributed by atoms with van der Waals surface area (Å²) in [6, 6.07) is 4.39. The van der Waals surface area contributed by atoms with Crippen molar-refractivity contribution < 1.29 is 4.79 Å². The molecule has 2 aliphatic rings. The van der Waals surface area contributed by atoms with E-state index in [1.807, 2.05) is 12.1 Å². The Morgan fingerprint density at radius 1 is 1.30 bits per heavy atom. The van der Waals surface area contributed by atoms with E-state index in [1.54, 1.807) is 12.4 Å². The molecule has 1 aromatic heterocycles. The number of carbonyl (C=O) groups excluding carboxylic acids is 1. The fourth-order valence-electron chi connectivity index (χ4n) is 2.96. The predicted octanol–water partition coefficient (Wildman–Crippen LogP) is 1.61. The van der Waals surface area contributed by atoms with Crippen LogP contribution in [0.25, 0.3) is 0 Å². The zero-order valence-corrected chi connectivity index (χ0v) is 11.9. The molecule has 0 bridgehead atoms. The van der Waals surface area contributed by atoms with Crippen molar-refractivity contribution in [1.82, 2.24) is 15.2 Å². The predicted molar refractivity (Wildman–Crippen MR) is 78.3 cm³/mol. The van der Waals surface area contributed by atoms with Crippen molar-refractivity contribution in [3.05, 3.63) is 30.1 Å². The molecule has 1 aromatic rings. The highest BCUT2D eigenvalue weighted by Crippen LogP contribution is 2.29. The van der Waals surface area contributed by atoms with Gasteiger partial charge in [0.25, 0.3) is 0 Å². The number of nitrogens with zero attached hydrogens (tertiary/aromatic N) is 2. The van der Waals surface area contributed by atoms with Gasteiger partial charge in [-0.3, -0.25) is 9.78 Å². The van der Waals surface area contributed by atoms with Gasteiger partial charge >= 0.3 is 0 Å². The van der Waals surface area contributed by atoms with Crippen molar-refractivity contribution in [3.63, 3.8) is 0 Å². The first-order valence-corrected chi connectivity index (χ1v) is 7.72. The molecule has 4 heteroatoms. The Labute approximate surface area is 120 Å². The molecule has 0 radical (unpaired) electrons. The van der Waals surface area contributed by atoms with Gasteiger partial charge in [0.1, 0.15) is 0 Å². The number of aromatic nitrogens is 1. The van der Waals surface area contributed by atoms with Crippen molar-refractivity contribution in [2.75, 3.05) is 19.6 Å². The second kappa shape index (κ2) is 6.35. The van der Waals surface area contributed by atoms with Gasteiger partial charge in [0, 0.05) is 25.0 Å². The van der Waals surface area contributed by atoms with E-state index in [0.29, 0.717) is 18.4 Å². The Morgan fingerprint density at radius 3 is 2.75 bits per heavy atom. The highest BCUT2D eigenvalue weighted by molar-refractivity contribution is 5.79. The van der Waals surface area contributed by atoms with Crippen LogP contribution in [0.1, 0.15) is 31.2 Å². The topological polar surface area (TPSA) is 45.2 Å². The molecule has 1 amide bonds. The van der Waals surface area contributed by atoms with Gasteiger partial charge < -0.3 is 10.2 Å². The lowest BCUT2D eigenvalue weighted by atomic mass is 9.97. The summed E-state index contributed by atoms with van der Waals surface area (Å²) < 4.78 is 0. The van der Waals surface area contributed by atoms with Gasteiger partial charge in [-0.05, 0) is 56.3 Å². The van der Waals surface area contributed by atoms with E-state index in [0.717, 1.165) is 25.2 Å². The molecule has 108 valence electrons. The highest BCUT2D eigenvalue weighted by atomic mass is 16.2. The van der Waals surface area contributed by atoms with Crippen molar-refractivity contribution >= 4 is 5.91 Å². The van der Waals surface area contributed by atoms with Gasteiger partial charge in [0.2, 0.25) is 5.91 Å². The van der Waals surface area contributed by atoms with Crippen LogP contribution in [0, 0.1) is 5.92 Å². The molecule has 2 fully saturated rings. The molecule has 0 unspecified atom stereocenters. The van der Waals surface area contributed by atoms with E-state index in [2.05, 4.69) is 15.2 Å². The second-order valence-corrected chi connectivity index (χ2v) is 6.01. The Morgan fingerprint density at radius 2 is 2.10 bits per heavy atom. The Balaban J connectivity index is 1.59. The fraction of sp³-hybridized carbons (Fsp3) is 0.625. The molecule has 1 saturated carbocycles. The first-order chi connectivity index (χ1) is 9.83. The molecule has 2 heterocycles. The highest BCUT2D eigenvalue weighted by Gasteiger charge is 2.34. The molecule has 0 aromatic carbocycles. The minimum absolute atomic E-state index is 0.277. The Bertz CT molecular complexity index is 438. The molecular formula is C16H23N3O. The largest absolute Gasteiger partial charge is 0.339 e. The summed E-state index contributed by atoms with van der Waals surface area (Å²) in [7, 11) is 0. The zero-order valence-electron chi connectivity index (χ0n) is 11.9. The van der Waals surface area contributed by atoms with Crippen LogP contribution in [0.3, 0.4) is 0 Å². The maximum absolute atomic E-state index is 12.6. The number of amides is 1. The van der Waals surface area contributed by atoms with Crippen molar-refractivity contribution in [2.24, 2.45) is 5.92 Å². The van der Waals surface area contributed by atoms with E-state index in [4.69, 9.17) is 0 Å². The first kappa shape index (κ1) is 13.6. The Kier molecular flexibility index (Phi) is 4.31. The molecule has 1 N–H and O–H groups in total. The van der Waals surface area contributed by atoms with Crippen LogP contribution in [0.5, 0.6) is 0 Å². The molecule has 3 rings (SSSR count). The fourth-order valence-corrected chi connectivity index (χ4v) is 2.96. The number of hydrogen-bond acceptors (Lipinski definition) is 3. The lowest BCUT2D eigenvalue weighted by molar-refractivity contribution is -0.131. The quantitative estimate of drug-likeness (QED) is 0.886.